The minimum Gasteiger partial charge on any atom is -0.366 e. The summed E-state index contributed by atoms with van der Waals surface area (Å²) in [6.07, 6.45) is 3.68. The van der Waals surface area contributed by atoms with Crippen LogP contribution in [0.15, 0.2) is 46.3 Å². The van der Waals surface area contributed by atoms with E-state index in [2.05, 4.69) is 24.0 Å². The van der Waals surface area contributed by atoms with Gasteiger partial charge in [-0.15, -0.1) is 0 Å². The van der Waals surface area contributed by atoms with Crippen LogP contribution in [-0.2, 0) is 16.3 Å². The van der Waals surface area contributed by atoms with Gasteiger partial charge in [0.25, 0.3) is 0 Å². The first-order valence-corrected chi connectivity index (χ1v) is 10.2. The first kappa shape index (κ1) is 19.2. The van der Waals surface area contributed by atoms with E-state index < -0.39 is 9.84 Å². The third-order valence-corrected chi connectivity index (χ3v) is 5.50. The minimum atomic E-state index is -3.23. The normalized spacial score (nSPS) is 11.9. The Morgan fingerprint density at radius 3 is 2.40 bits per heavy atom. The predicted octanol–water partition coefficient (Wildman–Crippen LogP) is 3.91. The lowest BCUT2D eigenvalue weighted by atomic mass is 9.97. The number of nitrogens with zero attached hydrogens (tertiary/aromatic N) is 2. The highest BCUT2D eigenvalue weighted by Gasteiger charge is 2.14. The molecule has 0 fully saturated rings. The fourth-order valence-electron chi connectivity index (χ4n) is 2.65. The maximum atomic E-state index is 12.0. The second-order valence-corrected chi connectivity index (χ2v) is 8.42. The van der Waals surface area contributed by atoms with E-state index >= 15 is 0 Å². The summed E-state index contributed by atoms with van der Waals surface area (Å²) in [6, 6.07) is 11.4. The van der Waals surface area contributed by atoms with Crippen LogP contribution >= 0.6 is 0 Å². The highest BCUT2D eigenvalue weighted by atomic mass is 32.2. The Hall–Kier alpha value is -2.14. The van der Waals surface area contributed by atoms with Gasteiger partial charge in [-0.3, -0.25) is 0 Å². The molecule has 0 spiro atoms. The van der Waals surface area contributed by atoms with Gasteiger partial charge in [0.15, 0.2) is 9.84 Å². The summed E-state index contributed by atoms with van der Waals surface area (Å²) < 4.78 is 24.0. The molecule has 2 rings (SSSR count). The van der Waals surface area contributed by atoms with Crippen LogP contribution in [0.3, 0.4) is 0 Å². The second-order valence-electron chi connectivity index (χ2n) is 6.44. The number of aryl methyl sites for hydroxylation is 2. The predicted molar refractivity (Wildman–Crippen MR) is 105 cm³/mol. The number of aliphatic imine (C=N–C) groups is 1. The SMILES string of the molecule is CCN(C)C=Nc1cc(C)c(Cc2ccccc2S(C)(=O)=O)cc1C. The third kappa shape index (κ3) is 4.92. The standard InChI is InChI=1S/C20H26N2O2S/c1-6-22(4)14-21-19-12-15(2)18(11-16(19)3)13-17-9-7-8-10-20(17)25(5,23)24/h7-12,14H,6,13H2,1-5H3. The molecule has 0 radical (unpaired) electrons. The molecule has 0 aliphatic rings. The average Bonchev–Trinajstić information content (AvgIpc) is 2.55. The fraction of sp³-hybridized carbons (Fsp3) is 0.350. The third-order valence-electron chi connectivity index (χ3n) is 4.30. The molecule has 0 aliphatic carbocycles. The topological polar surface area (TPSA) is 49.7 Å². The molecule has 25 heavy (non-hydrogen) atoms. The zero-order valence-electron chi connectivity index (χ0n) is 15.6. The summed E-state index contributed by atoms with van der Waals surface area (Å²) in [6.45, 7) is 7.05. The molecule has 0 bridgehead atoms. The zero-order valence-corrected chi connectivity index (χ0v) is 16.4. The second kappa shape index (κ2) is 7.83. The molecule has 0 aromatic heterocycles. The molecule has 0 amide bonds. The van der Waals surface area contributed by atoms with Crippen molar-refractivity contribution < 1.29 is 8.42 Å². The first-order chi connectivity index (χ1) is 11.7. The van der Waals surface area contributed by atoms with Gasteiger partial charge in [0.05, 0.1) is 16.9 Å². The van der Waals surface area contributed by atoms with Crippen molar-refractivity contribution in [3.05, 3.63) is 58.7 Å². The van der Waals surface area contributed by atoms with Gasteiger partial charge < -0.3 is 4.90 Å². The molecular weight excluding hydrogens is 332 g/mol. The van der Waals surface area contributed by atoms with Crippen molar-refractivity contribution in [2.24, 2.45) is 4.99 Å². The number of sulfone groups is 1. The van der Waals surface area contributed by atoms with E-state index in [1.165, 1.54) is 6.26 Å². The van der Waals surface area contributed by atoms with Gasteiger partial charge in [-0.05, 0) is 61.6 Å². The van der Waals surface area contributed by atoms with Crippen LogP contribution < -0.4 is 0 Å². The highest BCUT2D eigenvalue weighted by molar-refractivity contribution is 7.90. The minimum absolute atomic E-state index is 0.402. The Labute approximate surface area is 151 Å². The molecule has 5 heteroatoms. The molecule has 2 aromatic rings. The molecule has 0 heterocycles. The number of hydrogen-bond donors (Lipinski definition) is 0. The van der Waals surface area contributed by atoms with Crippen LogP contribution in [0, 0.1) is 13.8 Å². The van der Waals surface area contributed by atoms with Crippen LogP contribution in [0.1, 0.15) is 29.2 Å². The van der Waals surface area contributed by atoms with Crippen LogP contribution in [0.25, 0.3) is 0 Å². The Bertz CT molecular complexity index is 887. The van der Waals surface area contributed by atoms with E-state index in [9.17, 15) is 8.42 Å². The lowest BCUT2D eigenvalue weighted by Gasteiger charge is -2.13. The van der Waals surface area contributed by atoms with Gasteiger partial charge in [-0.1, -0.05) is 24.3 Å². The maximum Gasteiger partial charge on any atom is 0.175 e. The van der Waals surface area contributed by atoms with Crippen molar-refractivity contribution in [3.8, 4) is 0 Å². The molecule has 134 valence electrons. The molecule has 4 nitrogen and oxygen atoms in total. The molecule has 2 aromatic carbocycles. The summed E-state index contributed by atoms with van der Waals surface area (Å²) >= 11 is 0. The van der Waals surface area contributed by atoms with Crippen molar-refractivity contribution in [1.29, 1.82) is 0 Å². The van der Waals surface area contributed by atoms with Crippen LogP contribution in [0.4, 0.5) is 5.69 Å². The monoisotopic (exact) mass is 358 g/mol. The van der Waals surface area contributed by atoms with E-state index in [4.69, 9.17) is 0 Å². The van der Waals surface area contributed by atoms with Crippen molar-refractivity contribution in [1.82, 2.24) is 4.90 Å². The molecule has 0 aliphatic heterocycles. The zero-order chi connectivity index (χ0) is 18.6. The molecule has 0 atom stereocenters. The van der Waals surface area contributed by atoms with Gasteiger partial charge in [0.2, 0.25) is 0 Å². The van der Waals surface area contributed by atoms with Gasteiger partial charge in [0.1, 0.15) is 0 Å². The van der Waals surface area contributed by atoms with Gasteiger partial charge in [-0.2, -0.15) is 0 Å². The lowest BCUT2D eigenvalue weighted by molar-refractivity contribution is 0.552. The summed E-state index contributed by atoms with van der Waals surface area (Å²) in [5.41, 5.74) is 5.09. The van der Waals surface area contributed by atoms with E-state index in [-0.39, 0.29) is 0 Å². The smallest absolute Gasteiger partial charge is 0.175 e. The van der Waals surface area contributed by atoms with E-state index in [1.54, 1.807) is 12.1 Å². The van der Waals surface area contributed by atoms with Crippen molar-refractivity contribution in [2.45, 2.75) is 32.1 Å². The van der Waals surface area contributed by atoms with Gasteiger partial charge in [-0.25, -0.2) is 13.4 Å². The Kier molecular flexibility index (Phi) is 6.01. The summed E-state index contributed by atoms with van der Waals surface area (Å²) in [5.74, 6) is 0. The quantitative estimate of drug-likeness (QED) is 0.581. The lowest BCUT2D eigenvalue weighted by Crippen LogP contribution is -2.14. The Balaban J connectivity index is 2.37. The highest BCUT2D eigenvalue weighted by Crippen LogP contribution is 2.26. The Morgan fingerprint density at radius 1 is 1.08 bits per heavy atom. The Morgan fingerprint density at radius 2 is 1.76 bits per heavy atom. The number of benzene rings is 2. The van der Waals surface area contributed by atoms with E-state index in [1.807, 2.05) is 44.3 Å². The summed E-state index contributed by atoms with van der Waals surface area (Å²) in [7, 11) is -1.25. The van der Waals surface area contributed by atoms with Crippen molar-refractivity contribution in [2.75, 3.05) is 19.8 Å². The average molecular weight is 359 g/mol. The van der Waals surface area contributed by atoms with Gasteiger partial charge >= 0.3 is 0 Å². The molecule has 0 unspecified atom stereocenters. The molecule has 0 saturated carbocycles. The molecule has 0 saturated heterocycles. The van der Waals surface area contributed by atoms with Crippen LogP contribution in [0.2, 0.25) is 0 Å². The summed E-state index contributed by atoms with van der Waals surface area (Å²) in [4.78, 5) is 6.97. The maximum absolute atomic E-state index is 12.0. The van der Waals surface area contributed by atoms with Crippen LogP contribution in [-0.4, -0.2) is 39.5 Å². The van der Waals surface area contributed by atoms with Crippen LogP contribution in [0.5, 0.6) is 0 Å². The molecular formula is C20H26N2O2S. The van der Waals surface area contributed by atoms with Gasteiger partial charge in [0, 0.05) is 19.8 Å². The number of rotatable bonds is 6. The summed E-state index contributed by atoms with van der Waals surface area (Å²) in [5, 5.41) is 0. The number of hydrogen-bond acceptors (Lipinski definition) is 3. The van der Waals surface area contributed by atoms with E-state index in [0.29, 0.717) is 11.3 Å². The van der Waals surface area contributed by atoms with E-state index in [0.717, 1.165) is 34.5 Å². The van der Waals surface area contributed by atoms with Crippen molar-refractivity contribution in [3.63, 3.8) is 0 Å². The van der Waals surface area contributed by atoms with Crippen molar-refractivity contribution >= 4 is 21.9 Å². The fourth-order valence-corrected chi connectivity index (χ4v) is 3.59. The largest absolute Gasteiger partial charge is 0.366 e. The molecule has 0 N–H and O–H groups in total. The first-order valence-electron chi connectivity index (χ1n) is 8.35.